The summed E-state index contributed by atoms with van der Waals surface area (Å²) in [5, 5.41) is 14.5. The molecule has 3 rings (SSSR count). The zero-order valence-electron chi connectivity index (χ0n) is 16.4. The summed E-state index contributed by atoms with van der Waals surface area (Å²) >= 11 is 0. The third kappa shape index (κ3) is 4.73. The second kappa shape index (κ2) is 7.61. The summed E-state index contributed by atoms with van der Waals surface area (Å²) in [6.45, 7) is 8.60. The van der Waals surface area contributed by atoms with Gasteiger partial charge in [-0.15, -0.1) is 5.10 Å². The number of aryl methyl sites for hydroxylation is 1. The van der Waals surface area contributed by atoms with E-state index in [1.54, 1.807) is 13.3 Å². The quantitative estimate of drug-likeness (QED) is 0.666. The van der Waals surface area contributed by atoms with Crippen LogP contribution >= 0.6 is 0 Å². The molecule has 1 heterocycles. The summed E-state index contributed by atoms with van der Waals surface area (Å²) < 4.78 is 5.40. The zero-order chi connectivity index (χ0) is 19.4. The minimum absolute atomic E-state index is 0.118. The van der Waals surface area contributed by atoms with Crippen LogP contribution in [0.1, 0.15) is 31.9 Å². The van der Waals surface area contributed by atoms with Crippen LogP contribution in [0.4, 0.5) is 23.1 Å². The Labute approximate surface area is 160 Å². The lowest BCUT2D eigenvalue weighted by Gasteiger charge is -2.19. The van der Waals surface area contributed by atoms with Gasteiger partial charge in [0.1, 0.15) is 5.75 Å². The number of ether oxygens (including phenoxy) is 1. The molecule has 0 aliphatic carbocycles. The van der Waals surface area contributed by atoms with Crippen LogP contribution in [0.3, 0.4) is 0 Å². The Morgan fingerprint density at radius 1 is 0.963 bits per heavy atom. The molecule has 0 amide bonds. The van der Waals surface area contributed by atoms with E-state index < -0.39 is 0 Å². The molecule has 0 spiro atoms. The molecule has 0 atom stereocenters. The van der Waals surface area contributed by atoms with Crippen molar-refractivity contribution in [1.82, 2.24) is 15.2 Å². The lowest BCUT2D eigenvalue weighted by Crippen LogP contribution is -2.10. The SMILES string of the molecule is COc1ccc(C)cc1Nc1cnnc(Nc2ccc(C(C)(C)C)cc2)n1. The number of aromatic nitrogens is 3. The van der Waals surface area contributed by atoms with Gasteiger partial charge in [0.25, 0.3) is 0 Å². The van der Waals surface area contributed by atoms with Gasteiger partial charge in [-0.1, -0.05) is 39.0 Å². The monoisotopic (exact) mass is 363 g/mol. The predicted molar refractivity (Wildman–Crippen MR) is 109 cm³/mol. The molecule has 6 nitrogen and oxygen atoms in total. The molecule has 0 radical (unpaired) electrons. The molecule has 0 unspecified atom stereocenters. The van der Waals surface area contributed by atoms with Crippen molar-refractivity contribution in [1.29, 1.82) is 0 Å². The van der Waals surface area contributed by atoms with Gasteiger partial charge in [0.15, 0.2) is 5.82 Å². The van der Waals surface area contributed by atoms with Crippen LogP contribution in [-0.4, -0.2) is 22.3 Å². The average molecular weight is 363 g/mol. The molecule has 0 fully saturated rings. The molecular weight excluding hydrogens is 338 g/mol. The Morgan fingerprint density at radius 3 is 2.37 bits per heavy atom. The van der Waals surface area contributed by atoms with Crippen molar-refractivity contribution in [2.45, 2.75) is 33.1 Å². The summed E-state index contributed by atoms with van der Waals surface area (Å²) in [5.74, 6) is 1.75. The van der Waals surface area contributed by atoms with E-state index in [0.29, 0.717) is 11.8 Å². The molecule has 0 aliphatic rings. The molecular formula is C21H25N5O. The summed E-state index contributed by atoms with van der Waals surface area (Å²) in [5.41, 5.74) is 4.26. The largest absolute Gasteiger partial charge is 0.495 e. The van der Waals surface area contributed by atoms with Crippen LogP contribution in [0.25, 0.3) is 0 Å². The number of hydrogen-bond donors (Lipinski definition) is 2. The standard InChI is InChI=1S/C21H25N5O/c1-14-6-11-18(27-5)17(12-14)24-19-13-22-26-20(25-19)23-16-9-7-15(8-10-16)21(2,3)4/h6-13H,1-5H3,(H2,23,24,25,26). The Hall–Kier alpha value is -3.15. The molecule has 0 saturated heterocycles. The fourth-order valence-corrected chi connectivity index (χ4v) is 2.66. The van der Waals surface area contributed by atoms with Gasteiger partial charge >= 0.3 is 0 Å². The maximum absolute atomic E-state index is 5.40. The number of benzene rings is 2. The van der Waals surface area contributed by atoms with E-state index in [4.69, 9.17) is 4.74 Å². The number of nitrogens with one attached hydrogen (secondary N) is 2. The van der Waals surface area contributed by atoms with Gasteiger partial charge in [0, 0.05) is 5.69 Å². The van der Waals surface area contributed by atoms with Gasteiger partial charge in [0.2, 0.25) is 5.95 Å². The highest BCUT2D eigenvalue weighted by atomic mass is 16.5. The second-order valence-corrected chi connectivity index (χ2v) is 7.45. The third-order valence-corrected chi connectivity index (χ3v) is 4.18. The van der Waals surface area contributed by atoms with Crippen molar-refractivity contribution in [3.63, 3.8) is 0 Å². The van der Waals surface area contributed by atoms with Crippen LogP contribution in [-0.2, 0) is 5.41 Å². The van der Waals surface area contributed by atoms with Gasteiger partial charge in [-0.2, -0.15) is 10.1 Å². The molecule has 6 heteroatoms. The van der Waals surface area contributed by atoms with Crippen LogP contribution in [0, 0.1) is 6.92 Å². The van der Waals surface area contributed by atoms with E-state index in [1.807, 2.05) is 37.3 Å². The Kier molecular flexibility index (Phi) is 5.26. The van der Waals surface area contributed by atoms with Gasteiger partial charge in [-0.05, 0) is 47.7 Å². The predicted octanol–water partition coefficient (Wildman–Crippen LogP) is 4.97. The Balaban J connectivity index is 1.77. The number of methoxy groups -OCH3 is 1. The number of rotatable bonds is 5. The number of nitrogens with zero attached hydrogens (tertiary/aromatic N) is 3. The Morgan fingerprint density at radius 2 is 1.70 bits per heavy atom. The molecule has 2 N–H and O–H groups in total. The van der Waals surface area contributed by atoms with Gasteiger partial charge in [-0.25, -0.2) is 0 Å². The van der Waals surface area contributed by atoms with Crippen LogP contribution in [0.5, 0.6) is 5.75 Å². The van der Waals surface area contributed by atoms with Crippen molar-refractivity contribution < 1.29 is 4.74 Å². The van der Waals surface area contributed by atoms with Crippen molar-refractivity contribution in [3.05, 3.63) is 59.8 Å². The van der Waals surface area contributed by atoms with Gasteiger partial charge in [0.05, 0.1) is 19.0 Å². The van der Waals surface area contributed by atoms with Crippen LogP contribution in [0.15, 0.2) is 48.7 Å². The van der Waals surface area contributed by atoms with Crippen molar-refractivity contribution >= 4 is 23.1 Å². The highest BCUT2D eigenvalue weighted by Gasteiger charge is 2.13. The number of anilines is 4. The van der Waals surface area contributed by atoms with Crippen molar-refractivity contribution in [2.24, 2.45) is 0 Å². The summed E-state index contributed by atoms with van der Waals surface area (Å²) in [6, 6.07) is 14.2. The lowest BCUT2D eigenvalue weighted by molar-refractivity contribution is 0.416. The fraction of sp³-hybridized carbons (Fsp3) is 0.286. The molecule has 0 bridgehead atoms. The highest BCUT2D eigenvalue weighted by molar-refractivity contribution is 5.65. The molecule has 0 aliphatic heterocycles. The minimum Gasteiger partial charge on any atom is -0.495 e. The fourth-order valence-electron chi connectivity index (χ4n) is 2.66. The first-order chi connectivity index (χ1) is 12.8. The zero-order valence-corrected chi connectivity index (χ0v) is 16.4. The van der Waals surface area contributed by atoms with E-state index in [-0.39, 0.29) is 5.41 Å². The van der Waals surface area contributed by atoms with E-state index in [0.717, 1.165) is 22.7 Å². The molecule has 27 heavy (non-hydrogen) atoms. The topological polar surface area (TPSA) is 72.0 Å². The van der Waals surface area contributed by atoms with Crippen LogP contribution in [0.2, 0.25) is 0 Å². The normalized spacial score (nSPS) is 11.1. The van der Waals surface area contributed by atoms with E-state index in [2.05, 4.69) is 58.7 Å². The first kappa shape index (κ1) is 18.6. The van der Waals surface area contributed by atoms with Gasteiger partial charge in [-0.3, -0.25) is 0 Å². The first-order valence-corrected chi connectivity index (χ1v) is 8.84. The maximum atomic E-state index is 5.40. The average Bonchev–Trinajstić information content (AvgIpc) is 2.62. The van der Waals surface area contributed by atoms with Crippen LogP contribution < -0.4 is 15.4 Å². The smallest absolute Gasteiger partial charge is 0.249 e. The molecule has 2 aromatic carbocycles. The highest BCUT2D eigenvalue weighted by Crippen LogP contribution is 2.28. The van der Waals surface area contributed by atoms with Crippen molar-refractivity contribution in [2.75, 3.05) is 17.7 Å². The van der Waals surface area contributed by atoms with Crippen molar-refractivity contribution in [3.8, 4) is 5.75 Å². The Bertz CT molecular complexity index is 917. The molecule has 0 saturated carbocycles. The lowest BCUT2D eigenvalue weighted by atomic mass is 9.87. The maximum Gasteiger partial charge on any atom is 0.249 e. The minimum atomic E-state index is 0.118. The summed E-state index contributed by atoms with van der Waals surface area (Å²) in [6.07, 6.45) is 1.58. The first-order valence-electron chi connectivity index (χ1n) is 8.84. The molecule has 140 valence electrons. The second-order valence-electron chi connectivity index (χ2n) is 7.45. The van der Waals surface area contributed by atoms with E-state index in [9.17, 15) is 0 Å². The number of hydrogen-bond acceptors (Lipinski definition) is 6. The van der Waals surface area contributed by atoms with Gasteiger partial charge < -0.3 is 15.4 Å². The molecule has 3 aromatic rings. The summed E-state index contributed by atoms with van der Waals surface area (Å²) in [4.78, 5) is 4.49. The third-order valence-electron chi connectivity index (χ3n) is 4.18. The van der Waals surface area contributed by atoms with E-state index >= 15 is 0 Å². The summed E-state index contributed by atoms with van der Waals surface area (Å²) in [7, 11) is 1.64. The molecule has 1 aromatic heterocycles. The van der Waals surface area contributed by atoms with E-state index in [1.165, 1.54) is 5.56 Å².